The molecule has 0 aliphatic rings. The summed E-state index contributed by atoms with van der Waals surface area (Å²) in [6, 6.07) is 12.7. The van der Waals surface area contributed by atoms with Gasteiger partial charge in [0.05, 0.1) is 0 Å². The van der Waals surface area contributed by atoms with Gasteiger partial charge in [0.1, 0.15) is 0 Å². The summed E-state index contributed by atoms with van der Waals surface area (Å²) in [7, 11) is 12.9. The van der Waals surface area contributed by atoms with Gasteiger partial charge in [-0.1, -0.05) is 0 Å². The minimum absolute atomic E-state index is 0.906. The van der Waals surface area contributed by atoms with Crippen LogP contribution < -0.4 is 8.03 Å². The van der Waals surface area contributed by atoms with E-state index in [1.165, 1.54) is 33.6 Å². The van der Waals surface area contributed by atoms with Crippen LogP contribution in [0.5, 0.6) is 0 Å². The number of hydrogen-bond acceptors (Lipinski definition) is 2. The monoisotopic (exact) mass is 556 g/mol. The molecule has 0 radical (unpaired) electrons. The van der Waals surface area contributed by atoms with Crippen molar-refractivity contribution in [2.24, 2.45) is 0 Å². The summed E-state index contributed by atoms with van der Waals surface area (Å²) < 4.78 is 2.29. The molecule has 0 aromatic heterocycles. The molecule has 0 saturated heterocycles. The van der Waals surface area contributed by atoms with Gasteiger partial charge in [-0.15, -0.1) is 0 Å². The number of anilines is 2. The molecule has 0 bridgehead atoms. The van der Waals surface area contributed by atoms with Gasteiger partial charge in [0.15, 0.2) is 0 Å². The van der Waals surface area contributed by atoms with Crippen LogP contribution in [0.3, 0.4) is 0 Å². The second-order valence-electron chi connectivity index (χ2n) is 6.26. The minimum atomic E-state index is -2.80. The summed E-state index contributed by atoms with van der Waals surface area (Å²) in [5, 5.41) is 3.57. The van der Waals surface area contributed by atoms with E-state index in [0.717, 1.165) is 19.5 Å². The molecule has 5 heteroatoms. The molecule has 0 spiro atoms. The van der Waals surface area contributed by atoms with Gasteiger partial charge >= 0.3 is 162 Å². The molecule has 24 heavy (non-hydrogen) atoms. The van der Waals surface area contributed by atoms with E-state index in [9.17, 15) is 0 Å². The number of benzene rings is 2. The average molecular weight is 557 g/mol. The number of nitrogens with one attached hydrogen (secondary N) is 1. The molecular weight excluding hydrogens is 532 g/mol. The first-order valence-corrected chi connectivity index (χ1v) is 21.4. The van der Waals surface area contributed by atoms with Gasteiger partial charge in [0.2, 0.25) is 0 Å². The Labute approximate surface area is 161 Å². The average Bonchev–Trinajstić information content (AvgIpc) is 2.51. The molecule has 0 aliphatic carbocycles. The van der Waals surface area contributed by atoms with E-state index in [2.05, 4.69) is 72.1 Å². The molecule has 0 unspecified atom stereocenters. The van der Waals surface area contributed by atoms with Gasteiger partial charge in [-0.05, 0) is 0 Å². The molecule has 1 N–H and O–H groups in total. The van der Waals surface area contributed by atoms with Crippen molar-refractivity contribution < 1.29 is 0 Å². The van der Waals surface area contributed by atoms with Gasteiger partial charge in [0, 0.05) is 0 Å². The van der Waals surface area contributed by atoms with Crippen molar-refractivity contribution in [2.75, 3.05) is 21.1 Å². The van der Waals surface area contributed by atoms with Gasteiger partial charge in [-0.25, -0.2) is 0 Å². The Morgan fingerprint density at radius 1 is 0.875 bits per heavy atom. The second kappa shape index (κ2) is 9.30. The predicted octanol–water partition coefficient (Wildman–Crippen LogP) is 5.69. The summed E-state index contributed by atoms with van der Waals surface area (Å²) in [5.41, 5.74) is 7.56. The SMILES string of the molecule is Cc1cccc(C)c1NCCC[N](c1c(C)cccc1C)[Tl]([Cl])[Cl]. The number of aryl methyl sites for hydroxylation is 4. The van der Waals surface area contributed by atoms with E-state index in [-0.39, 0.29) is 0 Å². The Morgan fingerprint density at radius 2 is 1.38 bits per heavy atom. The summed E-state index contributed by atoms with van der Waals surface area (Å²) in [5.74, 6) is 0. The van der Waals surface area contributed by atoms with Crippen LogP contribution >= 0.6 is 16.6 Å². The Hall–Kier alpha value is -0.458. The number of nitrogens with zero attached hydrogens (tertiary/aromatic N) is 1. The van der Waals surface area contributed by atoms with Crippen molar-refractivity contribution in [1.82, 2.24) is 0 Å². The topological polar surface area (TPSA) is 15.3 Å². The van der Waals surface area contributed by atoms with E-state index in [1.807, 2.05) is 0 Å². The Bertz CT molecular complexity index is 649. The molecule has 0 amide bonds. The Balaban J connectivity index is 2.00. The first-order chi connectivity index (χ1) is 11.4. The molecule has 0 saturated carbocycles. The maximum absolute atomic E-state index is 6.46. The molecule has 0 aliphatic heterocycles. The number of halogens is 2. The molecule has 0 fully saturated rings. The van der Waals surface area contributed by atoms with Crippen LogP contribution in [0.4, 0.5) is 11.4 Å². The fourth-order valence-corrected chi connectivity index (χ4v) is 10.4. The predicted molar refractivity (Wildman–Crippen MR) is 110 cm³/mol. The molecule has 2 aromatic rings. The van der Waals surface area contributed by atoms with Crippen LogP contribution in [0.25, 0.3) is 0 Å². The number of hydrogen-bond donors (Lipinski definition) is 1. The molecule has 0 atom stereocenters. The van der Waals surface area contributed by atoms with Crippen molar-refractivity contribution in [2.45, 2.75) is 34.1 Å². The van der Waals surface area contributed by atoms with Crippen LogP contribution in [0.1, 0.15) is 28.7 Å². The van der Waals surface area contributed by atoms with Crippen LogP contribution in [0.15, 0.2) is 36.4 Å². The third-order valence-corrected chi connectivity index (χ3v) is 12.3. The molecular formula is C19H25Cl2N2Tl. The van der Waals surface area contributed by atoms with Crippen LogP contribution in [-0.2, 0) is 0 Å². The van der Waals surface area contributed by atoms with Crippen molar-refractivity contribution in [3.8, 4) is 0 Å². The summed E-state index contributed by atoms with van der Waals surface area (Å²) >= 11 is -2.80. The zero-order valence-corrected chi connectivity index (χ0v) is 20.9. The Kier molecular flexibility index (Phi) is 7.69. The molecule has 2 nitrogen and oxygen atoms in total. The number of para-hydroxylation sites is 2. The summed E-state index contributed by atoms with van der Waals surface area (Å²) in [6.45, 7) is 10.4. The third-order valence-electron chi connectivity index (χ3n) is 4.32. The van der Waals surface area contributed by atoms with Gasteiger partial charge < -0.3 is 0 Å². The molecule has 128 valence electrons. The fourth-order valence-electron chi connectivity index (χ4n) is 3.12. The van der Waals surface area contributed by atoms with Crippen molar-refractivity contribution in [3.63, 3.8) is 0 Å². The standard InChI is InChI=1S/C19H25N2.2ClH.Tl/c1-14-8-5-9-15(2)18(14)20-12-7-13-21-19-16(3)10-6-11-17(19)4;;;/h5-6,8-11,20H,7,12-13H2,1-4H3;2*1H;/q-1;;;+3/p-2. The first-order valence-electron chi connectivity index (χ1n) is 8.33. The summed E-state index contributed by atoms with van der Waals surface area (Å²) in [6.07, 6.45) is 1.01. The van der Waals surface area contributed by atoms with Gasteiger partial charge in [-0.2, -0.15) is 0 Å². The van der Waals surface area contributed by atoms with Crippen LogP contribution in [-0.4, -0.2) is 33.6 Å². The zero-order chi connectivity index (χ0) is 17.7. The van der Waals surface area contributed by atoms with E-state index in [1.54, 1.807) is 0 Å². The molecule has 2 aromatic carbocycles. The van der Waals surface area contributed by atoms with E-state index >= 15 is 0 Å². The molecule has 2 rings (SSSR count). The van der Waals surface area contributed by atoms with Crippen molar-refractivity contribution >= 4 is 48.6 Å². The maximum atomic E-state index is 6.46. The normalized spacial score (nSPS) is 10.6. The third kappa shape index (κ3) is 5.02. The molecule has 0 heterocycles. The van der Waals surface area contributed by atoms with Gasteiger partial charge in [-0.3, -0.25) is 0 Å². The van der Waals surface area contributed by atoms with Gasteiger partial charge in [0.25, 0.3) is 0 Å². The second-order valence-corrected chi connectivity index (χ2v) is 20.1. The fraction of sp³-hybridized carbons (Fsp3) is 0.368. The van der Waals surface area contributed by atoms with Crippen molar-refractivity contribution in [1.29, 1.82) is 0 Å². The summed E-state index contributed by atoms with van der Waals surface area (Å²) in [4.78, 5) is 0. The zero-order valence-electron chi connectivity index (χ0n) is 14.9. The number of rotatable bonds is 7. The quantitative estimate of drug-likeness (QED) is 0.348. The Morgan fingerprint density at radius 3 is 1.88 bits per heavy atom. The van der Waals surface area contributed by atoms with E-state index < -0.39 is 20.6 Å². The van der Waals surface area contributed by atoms with E-state index in [0.29, 0.717) is 0 Å². The van der Waals surface area contributed by atoms with Crippen molar-refractivity contribution in [3.05, 3.63) is 58.7 Å². The van der Waals surface area contributed by atoms with Crippen LogP contribution in [0.2, 0.25) is 0 Å². The van der Waals surface area contributed by atoms with Crippen LogP contribution in [0, 0.1) is 27.7 Å². The first kappa shape index (κ1) is 19.9. The van der Waals surface area contributed by atoms with E-state index in [4.69, 9.17) is 16.6 Å².